The van der Waals surface area contributed by atoms with Crippen LogP contribution in [0.15, 0.2) is 35.3 Å². The second-order valence-corrected chi connectivity index (χ2v) is 7.31. The molecule has 2 heteroatoms. The van der Waals surface area contributed by atoms with E-state index >= 15 is 0 Å². The van der Waals surface area contributed by atoms with Crippen molar-refractivity contribution in [2.75, 3.05) is 7.11 Å². The Morgan fingerprint density at radius 1 is 1.11 bits per heavy atom. The number of rotatable bonds is 4. The Balaban J connectivity index is 5.38. The van der Waals surface area contributed by atoms with Gasteiger partial charge in [0.1, 0.15) is 5.76 Å². The number of allylic oxidation sites excluding steroid dienone is 5. The summed E-state index contributed by atoms with van der Waals surface area (Å²) in [6, 6.07) is 0. The van der Waals surface area contributed by atoms with Crippen molar-refractivity contribution < 1.29 is 9.84 Å². The molecule has 0 aliphatic carbocycles. The summed E-state index contributed by atoms with van der Waals surface area (Å²) >= 11 is 0. The predicted molar refractivity (Wildman–Crippen MR) is 83.1 cm³/mol. The average molecular weight is 266 g/mol. The first kappa shape index (κ1) is 17.8. The first-order valence-electron chi connectivity index (χ1n) is 6.78. The summed E-state index contributed by atoms with van der Waals surface area (Å²) in [5.41, 5.74) is 1.08. The summed E-state index contributed by atoms with van der Waals surface area (Å²) in [6.07, 6.45) is 6.52. The molecule has 0 saturated carbocycles. The number of hydrogen-bond acceptors (Lipinski definition) is 2. The van der Waals surface area contributed by atoms with Crippen LogP contribution in [0.1, 0.15) is 54.9 Å². The van der Waals surface area contributed by atoms with Crippen LogP contribution in [0.5, 0.6) is 0 Å². The molecule has 0 aromatic heterocycles. The summed E-state index contributed by atoms with van der Waals surface area (Å²) in [5, 5.41) is 10.3. The van der Waals surface area contributed by atoms with E-state index in [2.05, 4.69) is 41.5 Å². The van der Waals surface area contributed by atoms with Gasteiger partial charge >= 0.3 is 0 Å². The third-order valence-corrected chi connectivity index (χ3v) is 2.49. The molecule has 0 unspecified atom stereocenters. The van der Waals surface area contributed by atoms with E-state index in [0.717, 1.165) is 17.8 Å². The van der Waals surface area contributed by atoms with Gasteiger partial charge in [0, 0.05) is 0 Å². The van der Waals surface area contributed by atoms with Gasteiger partial charge < -0.3 is 9.84 Å². The van der Waals surface area contributed by atoms with Crippen molar-refractivity contribution in [2.24, 2.45) is 10.8 Å². The zero-order chi connectivity index (χ0) is 15.3. The molecule has 0 aliphatic heterocycles. The molecule has 0 rings (SSSR count). The van der Waals surface area contributed by atoms with Crippen molar-refractivity contribution in [3.8, 4) is 0 Å². The Bertz CT molecular complexity index is 371. The highest BCUT2D eigenvalue weighted by Gasteiger charge is 2.15. The lowest BCUT2D eigenvalue weighted by Crippen LogP contribution is -2.07. The minimum absolute atomic E-state index is 0.0564. The lowest BCUT2D eigenvalue weighted by Gasteiger charge is -2.20. The van der Waals surface area contributed by atoms with Crippen LogP contribution in [0.2, 0.25) is 0 Å². The Labute approximate surface area is 118 Å². The summed E-state index contributed by atoms with van der Waals surface area (Å²) in [7, 11) is 1.64. The summed E-state index contributed by atoms with van der Waals surface area (Å²) in [5.74, 6) is 1.12. The topological polar surface area (TPSA) is 29.5 Å². The lowest BCUT2D eigenvalue weighted by atomic mass is 9.86. The molecule has 0 aromatic rings. The fraction of sp³-hybridized carbons (Fsp3) is 0.647. The maximum Gasteiger partial charge on any atom is 0.118 e. The summed E-state index contributed by atoms with van der Waals surface area (Å²) < 4.78 is 5.18. The first-order valence-corrected chi connectivity index (χ1v) is 6.78. The molecule has 0 aliphatic rings. The van der Waals surface area contributed by atoms with Crippen molar-refractivity contribution in [3.05, 3.63) is 35.3 Å². The zero-order valence-corrected chi connectivity index (χ0v) is 13.8. The molecule has 0 bridgehead atoms. The number of hydrogen-bond donors (Lipinski definition) is 1. The molecule has 0 amide bonds. The number of methoxy groups -OCH3 is 1. The van der Waals surface area contributed by atoms with Gasteiger partial charge in [-0.25, -0.2) is 0 Å². The minimum Gasteiger partial charge on any atom is -0.508 e. The third-order valence-electron chi connectivity index (χ3n) is 2.49. The van der Waals surface area contributed by atoms with E-state index in [1.807, 2.05) is 19.1 Å². The molecular weight excluding hydrogens is 236 g/mol. The van der Waals surface area contributed by atoms with E-state index in [0.29, 0.717) is 5.76 Å². The van der Waals surface area contributed by atoms with Crippen LogP contribution in [0.25, 0.3) is 0 Å². The average Bonchev–Trinajstić information content (AvgIpc) is 2.21. The normalized spacial score (nSPS) is 15.7. The largest absolute Gasteiger partial charge is 0.508 e. The monoisotopic (exact) mass is 266 g/mol. The van der Waals surface area contributed by atoms with Gasteiger partial charge in [0.2, 0.25) is 0 Å². The van der Waals surface area contributed by atoms with Crippen LogP contribution in [-0.2, 0) is 4.74 Å². The molecule has 0 atom stereocenters. The Morgan fingerprint density at radius 3 is 2.00 bits per heavy atom. The van der Waals surface area contributed by atoms with Gasteiger partial charge in [0.15, 0.2) is 0 Å². The van der Waals surface area contributed by atoms with Crippen LogP contribution >= 0.6 is 0 Å². The quantitative estimate of drug-likeness (QED) is 0.546. The van der Waals surface area contributed by atoms with Crippen LogP contribution in [0, 0.1) is 10.8 Å². The predicted octanol–water partition coefficient (Wildman–Crippen LogP) is 5.39. The van der Waals surface area contributed by atoms with Crippen molar-refractivity contribution in [1.29, 1.82) is 0 Å². The van der Waals surface area contributed by atoms with Crippen molar-refractivity contribution >= 4 is 0 Å². The maximum absolute atomic E-state index is 10.3. The Kier molecular flexibility index (Phi) is 6.41. The highest BCUT2D eigenvalue weighted by atomic mass is 16.5. The van der Waals surface area contributed by atoms with E-state index in [4.69, 9.17) is 4.74 Å². The maximum atomic E-state index is 10.3. The van der Waals surface area contributed by atoms with E-state index in [1.54, 1.807) is 13.2 Å². The highest BCUT2D eigenvalue weighted by molar-refractivity contribution is 5.30. The molecule has 0 aromatic carbocycles. The smallest absolute Gasteiger partial charge is 0.118 e. The lowest BCUT2D eigenvalue weighted by molar-refractivity contribution is 0.292. The van der Waals surface area contributed by atoms with Gasteiger partial charge in [-0.05, 0) is 41.9 Å². The molecule has 0 radical (unpaired) electrons. The van der Waals surface area contributed by atoms with E-state index in [-0.39, 0.29) is 10.8 Å². The van der Waals surface area contributed by atoms with Crippen LogP contribution in [0.3, 0.4) is 0 Å². The van der Waals surface area contributed by atoms with Gasteiger partial charge in [-0.1, -0.05) is 47.6 Å². The number of ether oxygens (including phenoxy) is 1. The fourth-order valence-electron chi connectivity index (χ4n) is 1.53. The molecular formula is C17H30O2. The summed E-state index contributed by atoms with van der Waals surface area (Å²) in [6.45, 7) is 14.7. The van der Waals surface area contributed by atoms with Gasteiger partial charge in [-0.15, -0.1) is 0 Å². The summed E-state index contributed by atoms with van der Waals surface area (Å²) in [4.78, 5) is 0. The molecule has 19 heavy (non-hydrogen) atoms. The molecule has 0 fully saturated rings. The first-order chi connectivity index (χ1) is 8.44. The van der Waals surface area contributed by atoms with Crippen molar-refractivity contribution in [2.45, 2.75) is 54.9 Å². The Morgan fingerprint density at radius 2 is 1.63 bits per heavy atom. The van der Waals surface area contributed by atoms with Crippen LogP contribution < -0.4 is 0 Å². The fourth-order valence-corrected chi connectivity index (χ4v) is 1.53. The standard InChI is InChI=1S/C17H30O2/c1-13(19-8)11-14(12-17(5,6)7)15(18)9-10-16(2,3)4/h9-11,18H,12H2,1-8H3/b10-9+,13-11+,15-14-. The van der Waals surface area contributed by atoms with E-state index in [9.17, 15) is 5.11 Å². The van der Waals surface area contributed by atoms with Crippen molar-refractivity contribution in [1.82, 2.24) is 0 Å². The second-order valence-electron chi connectivity index (χ2n) is 7.31. The van der Waals surface area contributed by atoms with Gasteiger partial charge in [0.25, 0.3) is 0 Å². The Hall–Kier alpha value is -1.18. The molecule has 2 nitrogen and oxygen atoms in total. The second kappa shape index (κ2) is 6.83. The molecule has 110 valence electrons. The molecule has 0 saturated heterocycles. The molecule has 0 spiro atoms. The minimum atomic E-state index is 0.0564. The van der Waals surface area contributed by atoms with Gasteiger partial charge in [-0.3, -0.25) is 0 Å². The highest BCUT2D eigenvalue weighted by Crippen LogP contribution is 2.28. The van der Waals surface area contributed by atoms with Crippen LogP contribution in [0.4, 0.5) is 0 Å². The van der Waals surface area contributed by atoms with E-state index < -0.39 is 0 Å². The molecule has 0 heterocycles. The number of aliphatic hydroxyl groups excluding tert-OH is 1. The number of aliphatic hydroxyl groups is 1. The van der Waals surface area contributed by atoms with Crippen LogP contribution in [-0.4, -0.2) is 12.2 Å². The zero-order valence-electron chi connectivity index (χ0n) is 13.8. The van der Waals surface area contributed by atoms with Gasteiger partial charge in [-0.2, -0.15) is 0 Å². The molecule has 1 N–H and O–H groups in total. The third kappa shape index (κ3) is 9.40. The SMILES string of the molecule is CO/C(C)=C/C(CC(C)(C)C)=C(O)\C=C\C(C)(C)C. The van der Waals surface area contributed by atoms with E-state index in [1.165, 1.54) is 0 Å². The van der Waals surface area contributed by atoms with Crippen molar-refractivity contribution in [3.63, 3.8) is 0 Å². The van der Waals surface area contributed by atoms with Gasteiger partial charge in [0.05, 0.1) is 12.9 Å².